The number of nitrogens with zero attached hydrogens (tertiary/aromatic N) is 3. The fraction of sp³-hybridized carbons (Fsp3) is 0.556. The predicted molar refractivity (Wildman–Crippen MR) is 65.9 cm³/mol. The molecule has 0 spiro atoms. The Labute approximate surface area is 104 Å². The minimum absolute atomic E-state index is 0.0960. The Balaban J connectivity index is 2.69. The number of nitrogens with one attached hydrogen (secondary N) is 2. The van der Waals surface area contributed by atoms with Crippen molar-refractivity contribution in [2.24, 2.45) is 5.84 Å². The van der Waals surface area contributed by atoms with Crippen LogP contribution >= 0.6 is 0 Å². The molecular formula is C9H16N6O3. The number of nitro groups is 1. The van der Waals surface area contributed by atoms with Crippen LogP contribution in [0.2, 0.25) is 0 Å². The summed E-state index contributed by atoms with van der Waals surface area (Å²) in [5.74, 6) is 5.33. The van der Waals surface area contributed by atoms with Crippen LogP contribution in [0.15, 0.2) is 6.20 Å². The van der Waals surface area contributed by atoms with E-state index in [4.69, 9.17) is 10.9 Å². The molecule has 0 aliphatic rings. The van der Waals surface area contributed by atoms with Crippen LogP contribution in [-0.4, -0.2) is 32.6 Å². The van der Waals surface area contributed by atoms with Gasteiger partial charge in [0.05, 0.1) is 11.0 Å². The van der Waals surface area contributed by atoms with E-state index in [1.807, 2.05) is 0 Å². The van der Waals surface area contributed by atoms with Crippen LogP contribution in [0.3, 0.4) is 0 Å². The van der Waals surface area contributed by atoms with E-state index in [0.717, 1.165) is 6.20 Å². The van der Waals surface area contributed by atoms with E-state index in [1.54, 1.807) is 6.92 Å². The van der Waals surface area contributed by atoms with Gasteiger partial charge in [0.15, 0.2) is 0 Å². The van der Waals surface area contributed by atoms with E-state index in [-0.39, 0.29) is 17.5 Å². The zero-order valence-corrected chi connectivity index (χ0v) is 9.96. The van der Waals surface area contributed by atoms with E-state index < -0.39 is 11.0 Å². The average molecular weight is 256 g/mol. The summed E-state index contributed by atoms with van der Waals surface area (Å²) in [6, 6.07) is 0. The van der Waals surface area contributed by atoms with Crippen molar-refractivity contribution in [1.82, 2.24) is 9.97 Å². The first-order valence-corrected chi connectivity index (χ1v) is 5.44. The first-order valence-electron chi connectivity index (χ1n) is 5.44. The van der Waals surface area contributed by atoms with Crippen LogP contribution in [-0.2, 0) is 0 Å². The summed E-state index contributed by atoms with van der Waals surface area (Å²) >= 11 is 0. The second-order valence-electron chi connectivity index (χ2n) is 3.75. The lowest BCUT2D eigenvalue weighted by atomic mass is 10.2. The molecule has 0 amide bonds. The summed E-state index contributed by atoms with van der Waals surface area (Å²) in [4.78, 5) is 17.7. The molecule has 0 fully saturated rings. The Morgan fingerprint density at radius 3 is 2.94 bits per heavy atom. The molecule has 9 nitrogen and oxygen atoms in total. The third kappa shape index (κ3) is 4.11. The van der Waals surface area contributed by atoms with E-state index >= 15 is 0 Å². The van der Waals surface area contributed by atoms with Crippen molar-refractivity contribution in [2.75, 3.05) is 17.3 Å². The van der Waals surface area contributed by atoms with E-state index in [2.05, 4.69) is 20.7 Å². The first kappa shape index (κ1) is 14.1. The van der Waals surface area contributed by atoms with E-state index in [9.17, 15) is 10.1 Å². The van der Waals surface area contributed by atoms with Gasteiger partial charge in [0.2, 0.25) is 11.8 Å². The second-order valence-corrected chi connectivity index (χ2v) is 3.75. The molecule has 5 N–H and O–H groups in total. The highest BCUT2D eigenvalue weighted by Crippen LogP contribution is 2.21. The van der Waals surface area contributed by atoms with Crippen LogP contribution in [0.25, 0.3) is 0 Å². The van der Waals surface area contributed by atoms with Crippen molar-refractivity contribution in [2.45, 2.75) is 25.9 Å². The van der Waals surface area contributed by atoms with Crippen LogP contribution in [0.4, 0.5) is 17.5 Å². The summed E-state index contributed by atoms with van der Waals surface area (Å²) in [6.45, 7) is 2.15. The zero-order chi connectivity index (χ0) is 13.5. The van der Waals surface area contributed by atoms with Gasteiger partial charge in [-0.15, -0.1) is 0 Å². The number of rotatable bonds is 7. The summed E-state index contributed by atoms with van der Waals surface area (Å²) in [6.07, 6.45) is 1.96. The highest BCUT2D eigenvalue weighted by atomic mass is 16.6. The van der Waals surface area contributed by atoms with Gasteiger partial charge in [-0.05, 0) is 19.8 Å². The molecule has 0 aliphatic heterocycles. The quantitative estimate of drug-likeness (QED) is 0.235. The number of hydrazine groups is 1. The van der Waals surface area contributed by atoms with Crippen LogP contribution in [0, 0.1) is 10.1 Å². The molecule has 18 heavy (non-hydrogen) atoms. The SMILES string of the molecule is CC(O)CCCNc1nc(NN)ncc1[N+](=O)[O-]. The van der Waals surface area contributed by atoms with Gasteiger partial charge in [-0.1, -0.05) is 0 Å². The molecule has 1 aromatic heterocycles. The Bertz CT molecular complexity index is 411. The molecule has 1 aromatic rings. The number of aliphatic hydroxyl groups excluding tert-OH is 1. The van der Waals surface area contributed by atoms with Gasteiger partial charge in [-0.3, -0.25) is 15.5 Å². The fourth-order valence-electron chi connectivity index (χ4n) is 1.31. The fourth-order valence-corrected chi connectivity index (χ4v) is 1.31. The van der Waals surface area contributed by atoms with Gasteiger partial charge in [-0.2, -0.15) is 4.98 Å². The summed E-state index contributed by atoms with van der Waals surface area (Å²) in [7, 11) is 0. The highest BCUT2D eigenvalue weighted by Gasteiger charge is 2.16. The largest absolute Gasteiger partial charge is 0.393 e. The number of aromatic nitrogens is 2. The minimum atomic E-state index is -0.572. The molecule has 0 radical (unpaired) electrons. The zero-order valence-electron chi connectivity index (χ0n) is 9.96. The first-order chi connectivity index (χ1) is 8.54. The van der Waals surface area contributed by atoms with Crippen molar-refractivity contribution in [3.63, 3.8) is 0 Å². The predicted octanol–water partition coefficient (Wildman–Crippen LogP) is 0.243. The lowest BCUT2D eigenvalue weighted by Crippen LogP contribution is -2.14. The molecule has 0 bridgehead atoms. The molecule has 1 unspecified atom stereocenters. The maximum atomic E-state index is 10.8. The van der Waals surface area contributed by atoms with Crippen molar-refractivity contribution in [3.05, 3.63) is 16.3 Å². The number of hydrogen-bond acceptors (Lipinski definition) is 8. The Morgan fingerprint density at radius 2 is 2.39 bits per heavy atom. The van der Waals surface area contributed by atoms with Gasteiger partial charge in [0, 0.05) is 6.54 Å². The van der Waals surface area contributed by atoms with Crippen molar-refractivity contribution in [1.29, 1.82) is 0 Å². The van der Waals surface area contributed by atoms with E-state index in [1.165, 1.54) is 0 Å². The maximum Gasteiger partial charge on any atom is 0.329 e. The topological polar surface area (TPSA) is 139 Å². The third-order valence-electron chi connectivity index (χ3n) is 2.19. The highest BCUT2D eigenvalue weighted by molar-refractivity contribution is 5.56. The Kier molecular flexibility index (Phi) is 5.21. The van der Waals surface area contributed by atoms with Crippen molar-refractivity contribution < 1.29 is 10.0 Å². The maximum absolute atomic E-state index is 10.8. The lowest BCUT2D eigenvalue weighted by molar-refractivity contribution is -0.384. The molecule has 0 saturated heterocycles. The van der Waals surface area contributed by atoms with Crippen LogP contribution < -0.4 is 16.6 Å². The Hall–Kier alpha value is -2.00. The molecule has 1 rings (SSSR count). The number of aliphatic hydroxyl groups is 1. The average Bonchev–Trinajstić information content (AvgIpc) is 2.33. The lowest BCUT2D eigenvalue weighted by Gasteiger charge is -2.08. The monoisotopic (exact) mass is 256 g/mol. The van der Waals surface area contributed by atoms with Gasteiger partial charge < -0.3 is 10.4 Å². The normalized spacial score (nSPS) is 11.9. The van der Waals surface area contributed by atoms with Crippen molar-refractivity contribution >= 4 is 17.5 Å². The number of nitrogens with two attached hydrogens (primary N) is 1. The molecule has 0 aliphatic carbocycles. The van der Waals surface area contributed by atoms with Gasteiger partial charge >= 0.3 is 5.69 Å². The summed E-state index contributed by atoms with van der Waals surface area (Å²) in [5, 5.41) is 22.7. The molecule has 0 aromatic carbocycles. The number of hydrogen-bond donors (Lipinski definition) is 4. The molecule has 100 valence electrons. The summed E-state index contributed by atoms with van der Waals surface area (Å²) < 4.78 is 0. The molecule has 0 saturated carbocycles. The molecular weight excluding hydrogens is 240 g/mol. The van der Waals surface area contributed by atoms with Crippen LogP contribution in [0.1, 0.15) is 19.8 Å². The molecule has 9 heteroatoms. The van der Waals surface area contributed by atoms with Gasteiger partial charge in [0.25, 0.3) is 0 Å². The van der Waals surface area contributed by atoms with Crippen LogP contribution in [0.5, 0.6) is 0 Å². The van der Waals surface area contributed by atoms with Gasteiger partial charge in [0.1, 0.15) is 6.20 Å². The summed E-state index contributed by atoms with van der Waals surface area (Å²) in [5.41, 5.74) is 2.00. The van der Waals surface area contributed by atoms with Gasteiger partial charge in [-0.25, -0.2) is 10.8 Å². The Morgan fingerprint density at radius 1 is 1.67 bits per heavy atom. The third-order valence-corrected chi connectivity index (χ3v) is 2.19. The van der Waals surface area contributed by atoms with Crippen molar-refractivity contribution in [3.8, 4) is 0 Å². The number of anilines is 2. The number of nitrogen functional groups attached to an aromatic ring is 1. The molecule has 1 atom stereocenters. The second kappa shape index (κ2) is 6.67. The smallest absolute Gasteiger partial charge is 0.329 e. The standard InChI is InChI=1S/C9H16N6O3/c1-6(16)3-2-4-11-8-7(15(17)18)5-12-9(13-8)14-10/h5-6,16H,2-4,10H2,1H3,(H2,11,12,13,14). The molecule has 1 heterocycles. The van der Waals surface area contributed by atoms with E-state index in [0.29, 0.717) is 19.4 Å². The minimum Gasteiger partial charge on any atom is -0.393 e.